The normalized spacial score (nSPS) is 12.4. The van der Waals surface area contributed by atoms with Crippen LogP contribution in [-0.4, -0.2) is 17.7 Å². The Morgan fingerprint density at radius 3 is 2.80 bits per heavy atom. The van der Waals surface area contributed by atoms with Crippen molar-refractivity contribution < 1.29 is 14.6 Å². The van der Waals surface area contributed by atoms with Gasteiger partial charge in [-0.2, -0.15) is 0 Å². The monoisotopic (exact) mass is 208 g/mol. The molecule has 0 radical (unpaired) electrons. The predicted octanol–water partition coefficient (Wildman–Crippen LogP) is 2.55. The Balaban J connectivity index is 2.83. The Hall–Kier alpha value is -1.35. The summed E-state index contributed by atoms with van der Waals surface area (Å²) < 4.78 is 5.41. The molecule has 0 saturated carbocycles. The maximum atomic E-state index is 10.7. The first-order chi connectivity index (χ1) is 7.13. The number of carbonyl (C=O) groups is 1. The molecule has 1 unspecified atom stereocenters. The topological polar surface area (TPSA) is 46.5 Å². The molecule has 1 atom stereocenters. The fourth-order valence-electron chi connectivity index (χ4n) is 1.50. The van der Waals surface area contributed by atoms with Crippen LogP contribution in [0.5, 0.6) is 0 Å². The van der Waals surface area contributed by atoms with Crippen molar-refractivity contribution in [2.45, 2.75) is 26.4 Å². The lowest BCUT2D eigenvalue weighted by Crippen LogP contribution is -2.10. The number of hydrogen-bond donors (Lipinski definition) is 1. The second kappa shape index (κ2) is 5.51. The van der Waals surface area contributed by atoms with Crippen molar-refractivity contribution in [1.82, 2.24) is 0 Å². The van der Waals surface area contributed by atoms with Crippen LogP contribution in [0.15, 0.2) is 24.3 Å². The number of carboxylic acid groups (broad SMARTS) is 1. The zero-order valence-electron chi connectivity index (χ0n) is 9.06. The molecule has 0 bridgehead atoms. The van der Waals surface area contributed by atoms with Crippen molar-refractivity contribution in [3.8, 4) is 0 Å². The van der Waals surface area contributed by atoms with Gasteiger partial charge in [-0.05, 0) is 19.4 Å². The number of benzene rings is 1. The number of ether oxygens (including phenoxy) is 1. The number of hydrogen-bond acceptors (Lipinski definition) is 2. The molecular formula is C12H16O3. The first-order valence-electron chi connectivity index (χ1n) is 5.03. The molecule has 0 aliphatic rings. The fourth-order valence-corrected chi connectivity index (χ4v) is 1.50. The zero-order valence-corrected chi connectivity index (χ0v) is 9.06. The molecule has 0 aliphatic heterocycles. The first kappa shape index (κ1) is 11.7. The van der Waals surface area contributed by atoms with Crippen LogP contribution < -0.4 is 0 Å². The summed E-state index contributed by atoms with van der Waals surface area (Å²) in [7, 11) is 0. The van der Waals surface area contributed by atoms with Gasteiger partial charge in [0.25, 0.3) is 0 Å². The highest BCUT2D eigenvalue weighted by molar-refractivity contribution is 5.67. The maximum absolute atomic E-state index is 10.7. The molecule has 1 aromatic rings. The van der Waals surface area contributed by atoms with Gasteiger partial charge in [0.05, 0.1) is 12.5 Å². The van der Waals surface area contributed by atoms with E-state index in [9.17, 15) is 4.79 Å². The zero-order chi connectivity index (χ0) is 11.3. The molecule has 0 saturated heterocycles. The van der Waals surface area contributed by atoms with Crippen molar-refractivity contribution in [1.29, 1.82) is 0 Å². The third-order valence-corrected chi connectivity index (χ3v) is 2.14. The smallest absolute Gasteiger partial charge is 0.306 e. The van der Waals surface area contributed by atoms with Gasteiger partial charge >= 0.3 is 5.97 Å². The van der Waals surface area contributed by atoms with Gasteiger partial charge in [-0.25, -0.2) is 0 Å². The van der Waals surface area contributed by atoms with Gasteiger partial charge in [0.1, 0.15) is 0 Å². The third kappa shape index (κ3) is 3.72. The summed E-state index contributed by atoms with van der Waals surface area (Å²) in [6.07, 6.45) is -0.329. The van der Waals surface area contributed by atoms with E-state index in [4.69, 9.17) is 9.84 Å². The SMILES string of the molecule is CCOC(CC(=O)O)c1cccc(C)c1. The maximum Gasteiger partial charge on any atom is 0.306 e. The fraction of sp³-hybridized carbons (Fsp3) is 0.417. The van der Waals surface area contributed by atoms with Gasteiger partial charge in [-0.1, -0.05) is 29.8 Å². The molecule has 1 aromatic carbocycles. The van der Waals surface area contributed by atoms with Gasteiger partial charge in [-0.15, -0.1) is 0 Å². The predicted molar refractivity (Wildman–Crippen MR) is 57.8 cm³/mol. The van der Waals surface area contributed by atoms with Crippen molar-refractivity contribution in [3.05, 3.63) is 35.4 Å². The Labute approximate surface area is 89.7 Å². The Bertz CT molecular complexity index is 333. The van der Waals surface area contributed by atoms with Gasteiger partial charge in [0.15, 0.2) is 0 Å². The van der Waals surface area contributed by atoms with Crippen LogP contribution in [0.25, 0.3) is 0 Å². The molecule has 1 N–H and O–H groups in total. The van der Waals surface area contributed by atoms with E-state index in [0.717, 1.165) is 11.1 Å². The largest absolute Gasteiger partial charge is 0.481 e. The van der Waals surface area contributed by atoms with Crippen LogP contribution in [0.1, 0.15) is 30.6 Å². The number of aliphatic carboxylic acids is 1. The molecule has 82 valence electrons. The standard InChI is InChI=1S/C12H16O3/c1-3-15-11(8-12(13)14)10-6-4-5-9(2)7-10/h4-7,11H,3,8H2,1-2H3,(H,13,14). The summed E-state index contributed by atoms with van der Waals surface area (Å²) in [4.78, 5) is 10.7. The number of carboxylic acids is 1. The van der Waals surface area contributed by atoms with Crippen LogP contribution in [0.3, 0.4) is 0 Å². The van der Waals surface area contributed by atoms with E-state index in [1.807, 2.05) is 38.1 Å². The average Bonchev–Trinajstić information content (AvgIpc) is 2.16. The van der Waals surface area contributed by atoms with Crippen molar-refractivity contribution >= 4 is 5.97 Å². The van der Waals surface area contributed by atoms with Gasteiger partial charge < -0.3 is 9.84 Å². The molecule has 1 rings (SSSR count). The Kier molecular flexibility index (Phi) is 4.31. The van der Waals surface area contributed by atoms with Gasteiger partial charge in [0.2, 0.25) is 0 Å². The molecule has 0 aromatic heterocycles. The molecule has 0 heterocycles. The van der Waals surface area contributed by atoms with Crippen LogP contribution in [0.4, 0.5) is 0 Å². The minimum Gasteiger partial charge on any atom is -0.481 e. The highest BCUT2D eigenvalue weighted by Gasteiger charge is 2.15. The van der Waals surface area contributed by atoms with Crippen LogP contribution >= 0.6 is 0 Å². The molecule has 0 fully saturated rings. The highest BCUT2D eigenvalue weighted by atomic mass is 16.5. The van der Waals surface area contributed by atoms with Crippen molar-refractivity contribution in [2.75, 3.05) is 6.61 Å². The highest BCUT2D eigenvalue weighted by Crippen LogP contribution is 2.21. The minimum atomic E-state index is -0.838. The van der Waals surface area contributed by atoms with Crippen LogP contribution in [0, 0.1) is 6.92 Å². The lowest BCUT2D eigenvalue weighted by Gasteiger charge is -2.15. The molecule has 3 nitrogen and oxygen atoms in total. The second-order valence-corrected chi connectivity index (χ2v) is 3.46. The Morgan fingerprint density at radius 2 is 2.27 bits per heavy atom. The van der Waals surface area contributed by atoms with Gasteiger partial charge in [0, 0.05) is 6.61 Å². The van der Waals surface area contributed by atoms with Crippen LogP contribution in [0.2, 0.25) is 0 Å². The van der Waals surface area contributed by atoms with Crippen molar-refractivity contribution in [3.63, 3.8) is 0 Å². The lowest BCUT2D eigenvalue weighted by atomic mass is 10.0. The average molecular weight is 208 g/mol. The molecular weight excluding hydrogens is 192 g/mol. The summed E-state index contributed by atoms with van der Waals surface area (Å²) in [5.74, 6) is -0.838. The molecule has 0 aliphatic carbocycles. The van der Waals surface area contributed by atoms with E-state index in [-0.39, 0.29) is 12.5 Å². The van der Waals surface area contributed by atoms with E-state index in [2.05, 4.69) is 0 Å². The molecule has 0 amide bonds. The molecule has 15 heavy (non-hydrogen) atoms. The second-order valence-electron chi connectivity index (χ2n) is 3.46. The Morgan fingerprint density at radius 1 is 1.53 bits per heavy atom. The van der Waals surface area contributed by atoms with E-state index in [1.165, 1.54) is 0 Å². The number of aryl methyl sites for hydroxylation is 1. The minimum absolute atomic E-state index is 0.0112. The molecule has 0 spiro atoms. The van der Waals surface area contributed by atoms with Gasteiger partial charge in [-0.3, -0.25) is 4.79 Å². The van der Waals surface area contributed by atoms with Crippen molar-refractivity contribution in [2.24, 2.45) is 0 Å². The summed E-state index contributed by atoms with van der Waals surface area (Å²) in [6, 6.07) is 7.76. The number of rotatable bonds is 5. The summed E-state index contributed by atoms with van der Waals surface area (Å²) >= 11 is 0. The molecule has 3 heteroatoms. The van der Waals surface area contributed by atoms with Crippen LogP contribution in [-0.2, 0) is 9.53 Å². The summed E-state index contributed by atoms with van der Waals surface area (Å²) in [5.41, 5.74) is 2.04. The van der Waals surface area contributed by atoms with E-state index >= 15 is 0 Å². The first-order valence-corrected chi connectivity index (χ1v) is 5.03. The quantitative estimate of drug-likeness (QED) is 0.808. The van der Waals surface area contributed by atoms with E-state index in [1.54, 1.807) is 0 Å². The summed E-state index contributed by atoms with van der Waals surface area (Å²) in [5, 5.41) is 8.76. The van der Waals surface area contributed by atoms with E-state index in [0.29, 0.717) is 6.61 Å². The lowest BCUT2D eigenvalue weighted by molar-refractivity contribution is -0.140. The van der Waals surface area contributed by atoms with E-state index < -0.39 is 5.97 Å². The summed E-state index contributed by atoms with van der Waals surface area (Å²) in [6.45, 7) is 4.36. The third-order valence-electron chi connectivity index (χ3n) is 2.14.